The summed E-state index contributed by atoms with van der Waals surface area (Å²) in [5.74, 6) is 0.150. The Labute approximate surface area is 104 Å². The molecular formula is C10H13BrClNO2. The average Bonchev–Trinajstić information content (AvgIpc) is 2.12. The zero-order valence-electron chi connectivity index (χ0n) is 8.33. The van der Waals surface area contributed by atoms with Crippen molar-refractivity contribution >= 4 is 40.0 Å². The zero-order chi connectivity index (χ0) is 10.6. The number of rotatable bonds is 3. The summed E-state index contributed by atoms with van der Waals surface area (Å²) < 4.78 is 5.80. The number of para-hydroxylation sites is 1. The Morgan fingerprint density at radius 1 is 1.53 bits per heavy atom. The lowest BCUT2D eigenvalue weighted by Gasteiger charge is -2.07. The van der Waals surface area contributed by atoms with Crippen molar-refractivity contribution in [2.75, 3.05) is 5.73 Å². The van der Waals surface area contributed by atoms with Crippen LogP contribution in [0.2, 0.25) is 0 Å². The van der Waals surface area contributed by atoms with E-state index in [-0.39, 0.29) is 18.4 Å². The van der Waals surface area contributed by atoms with Crippen LogP contribution >= 0.6 is 28.3 Å². The van der Waals surface area contributed by atoms with Crippen LogP contribution in [0.5, 0.6) is 5.75 Å². The maximum atomic E-state index is 11.2. The molecular weight excluding hydrogens is 281 g/mol. The predicted octanol–water partition coefficient (Wildman–Crippen LogP) is 3.16. The number of carbonyl (C=O) groups excluding carboxylic acids is 1. The molecule has 1 aromatic carbocycles. The standard InChI is InChI=1S/C10H12BrNO2.ClH/c1-2-4-9(13)14-10-7(11)5-3-6-8(10)12;/h3,5-6H,2,4,12H2,1H3;1H. The van der Waals surface area contributed by atoms with Gasteiger partial charge in [0.2, 0.25) is 0 Å². The van der Waals surface area contributed by atoms with Crippen LogP contribution in [0, 0.1) is 0 Å². The first-order valence-corrected chi connectivity index (χ1v) is 5.19. The number of hydrogen-bond acceptors (Lipinski definition) is 3. The lowest BCUT2D eigenvalue weighted by Crippen LogP contribution is -2.08. The van der Waals surface area contributed by atoms with Gasteiger partial charge in [-0.15, -0.1) is 12.4 Å². The third-order valence-electron chi connectivity index (χ3n) is 1.67. The minimum absolute atomic E-state index is 0. The number of nitrogens with two attached hydrogens (primary N) is 1. The van der Waals surface area contributed by atoms with Gasteiger partial charge in [0.05, 0.1) is 10.2 Å². The number of benzene rings is 1. The van der Waals surface area contributed by atoms with E-state index in [2.05, 4.69) is 15.9 Å². The maximum absolute atomic E-state index is 11.2. The molecule has 5 heteroatoms. The van der Waals surface area contributed by atoms with Gasteiger partial charge in [0.1, 0.15) is 0 Å². The summed E-state index contributed by atoms with van der Waals surface area (Å²) >= 11 is 3.27. The topological polar surface area (TPSA) is 52.3 Å². The molecule has 1 rings (SSSR count). The molecule has 0 aliphatic rings. The highest BCUT2D eigenvalue weighted by molar-refractivity contribution is 9.10. The van der Waals surface area contributed by atoms with Crippen molar-refractivity contribution in [3.63, 3.8) is 0 Å². The van der Waals surface area contributed by atoms with Crippen molar-refractivity contribution in [3.05, 3.63) is 22.7 Å². The van der Waals surface area contributed by atoms with Gasteiger partial charge in [0, 0.05) is 6.42 Å². The summed E-state index contributed by atoms with van der Waals surface area (Å²) in [6, 6.07) is 5.26. The van der Waals surface area contributed by atoms with Crippen molar-refractivity contribution in [1.29, 1.82) is 0 Å². The van der Waals surface area contributed by atoms with Crippen LogP contribution in [0.4, 0.5) is 5.69 Å². The van der Waals surface area contributed by atoms with Gasteiger partial charge in [0.15, 0.2) is 5.75 Å². The number of anilines is 1. The quantitative estimate of drug-likeness (QED) is 0.529. The third-order valence-corrected chi connectivity index (χ3v) is 2.29. The van der Waals surface area contributed by atoms with Gasteiger partial charge < -0.3 is 10.5 Å². The SMILES string of the molecule is CCCC(=O)Oc1c(N)cccc1Br.Cl. The number of hydrogen-bond donors (Lipinski definition) is 1. The van der Waals surface area contributed by atoms with Gasteiger partial charge in [-0.05, 0) is 34.5 Å². The van der Waals surface area contributed by atoms with E-state index in [1.807, 2.05) is 6.92 Å². The molecule has 0 bridgehead atoms. The second-order valence-electron chi connectivity index (χ2n) is 2.88. The van der Waals surface area contributed by atoms with Gasteiger partial charge in [-0.3, -0.25) is 4.79 Å². The summed E-state index contributed by atoms with van der Waals surface area (Å²) in [5, 5.41) is 0. The third kappa shape index (κ3) is 4.10. The van der Waals surface area contributed by atoms with Crippen molar-refractivity contribution in [3.8, 4) is 5.75 Å². The van der Waals surface area contributed by atoms with Crippen LogP contribution in [0.15, 0.2) is 22.7 Å². The Balaban J connectivity index is 0.00000196. The summed E-state index contributed by atoms with van der Waals surface area (Å²) in [4.78, 5) is 11.2. The van der Waals surface area contributed by atoms with E-state index in [1.54, 1.807) is 18.2 Å². The van der Waals surface area contributed by atoms with Crippen molar-refractivity contribution < 1.29 is 9.53 Å². The summed E-state index contributed by atoms with van der Waals surface area (Å²) in [5.41, 5.74) is 6.12. The van der Waals surface area contributed by atoms with Crippen LogP contribution < -0.4 is 10.5 Å². The van der Waals surface area contributed by atoms with Crippen molar-refractivity contribution in [2.24, 2.45) is 0 Å². The van der Waals surface area contributed by atoms with E-state index in [1.165, 1.54) is 0 Å². The van der Waals surface area contributed by atoms with E-state index in [4.69, 9.17) is 10.5 Å². The van der Waals surface area contributed by atoms with Crippen LogP contribution in [0.25, 0.3) is 0 Å². The lowest BCUT2D eigenvalue weighted by atomic mass is 10.3. The minimum atomic E-state index is -0.258. The van der Waals surface area contributed by atoms with Gasteiger partial charge in [-0.1, -0.05) is 13.0 Å². The number of halogens is 2. The molecule has 15 heavy (non-hydrogen) atoms. The van der Waals surface area contributed by atoms with Gasteiger partial charge in [-0.25, -0.2) is 0 Å². The Kier molecular flexibility index (Phi) is 6.36. The zero-order valence-corrected chi connectivity index (χ0v) is 10.7. The molecule has 0 aliphatic carbocycles. The largest absolute Gasteiger partial charge is 0.423 e. The molecule has 0 spiro atoms. The second kappa shape index (κ2) is 6.69. The molecule has 0 heterocycles. The van der Waals surface area contributed by atoms with Crippen molar-refractivity contribution in [2.45, 2.75) is 19.8 Å². The first kappa shape index (κ1) is 14.3. The van der Waals surface area contributed by atoms with Crippen LogP contribution in [-0.2, 0) is 4.79 Å². The fourth-order valence-electron chi connectivity index (χ4n) is 1.00. The van der Waals surface area contributed by atoms with E-state index >= 15 is 0 Å². The summed E-state index contributed by atoms with van der Waals surface area (Å²) in [6.07, 6.45) is 1.17. The van der Waals surface area contributed by atoms with Crippen LogP contribution in [-0.4, -0.2) is 5.97 Å². The van der Waals surface area contributed by atoms with Gasteiger partial charge in [-0.2, -0.15) is 0 Å². The van der Waals surface area contributed by atoms with E-state index in [0.29, 0.717) is 22.3 Å². The molecule has 0 aromatic heterocycles. The highest BCUT2D eigenvalue weighted by atomic mass is 79.9. The Bertz CT molecular complexity index is 324. The van der Waals surface area contributed by atoms with Gasteiger partial charge in [0.25, 0.3) is 0 Å². The van der Waals surface area contributed by atoms with E-state index in [9.17, 15) is 4.79 Å². The molecule has 0 radical (unpaired) electrons. The minimum Gasteiger partial charge on any atom is -0.423 e. The molecule has 0 unspecified atom stereocenters. The highest BCUT2D eigenvalue weighted by Gasteiger charge is 2.09. The highest BCUT2D eigenvalue weighted by Crippen LogP contribution is 2.31. The molecule has 0 saturated heterocycles. The number of ether oxygens (including phenoxy) is 1. The summed E-state index contributed by atoms with van der Waals surface area (Å²) in [7, 11) is 0. The maximum Gasteiger partial charge on any atom is 0.311 e. The molecule has 84 valence electrons. The molecule has 2 N–H and O–H groups in total. The second-order valence-corrected chi connectivity index (χ2v) is 3.74. The predicted molar refractivity (Wildman–Crippen MR) is 66.3 cm³/mol. The summed E-state index contributed by atoms with van der Waals surface area (Å²) in [6.45, 7) is 1.92. The molecule has 0 amide bonds. The van der Waals surface area contributed by atoms with Gasteiger partial charge >= 0.3 is 5.97 Å². The lowest BCUT2D eigenvalue weighted by molar-refractivity contribution is -0.134. The molecule has 1 aromatic rings. The number of esters is 1. The van der Waals surface area contributed by atoms with E-state index in [0.717, 1.165) is 6.42 Å². The first-order chi connectivity index (χ1) is 6.65. The Hall–Kier alpha value is -0.740. The average molecular weight is 295 g/mol. The Morgan fingerprint density at radius 2 is 2.20 bits per heavy atom. The fourth-order valence-corrected chi connectivity index (χ4v) is 1.46. The normalized spacial score (nSPS) is 9.20. The number of carbonyl (C=O) groups is 1. The number of nitrogen functional groups attached to an aromatic ring is 1. The molecule has 0 fully saturated rings. The molecule has 0 saturated carbocycles. The monoisotopic (exact) mass is 293 g/mol. The molecule has 0 atom stereocenters. The van der Waals surface area contributed by atoms with Crippen LogP contribution in [0.1, 0.15) is 19.8 Å². The Morgan fingerprint density at radius 3 is 2.73 bits per heavy atom. The van der Waals surface area contributed by atoms with Crippen molar-refractivity contribution in [1.82, 2.24) is 0 Å². The smallest absolute Gasteiger partial charge is 0.311 e. The molecule has 0 aliphatic heterocycles. The fraction of sp³-hybridized carbons (Fsp3) is 0.300. The first-order valence-electron chi connectivity index (χ1n) is 4.39. The molecule has 3 nitrogen and oxygen atoms in total. The van der Waals surface area contributed by atoms with E-state index < -0.39 is 0 Å². The van der Waals surface area contributed by atoms with Crippen LogP contribution in [0.3, 0.4) is 0 Å².